The highest BCUT2D eigenvalue weighted by molar-refractivity contribution is 8.00. The first-order valence-electron chi connectivity index (χ1n) is 28.6. The number of aliphatic imine (C=N–C) groups is 1. The predicted molar refractivity (Wildman–Crippen MR) is 291 cm³/mol. The maximum atomic E-state index is 13.9. The van der Waals surface area contributed by atoms with Crippen molar-refractivity contribution in [2.24, 2.45) is 28.2 Å². The van der Waals surface area contributed by atoms with Gasteiger partial charge in [-0.1, -0.05) is 82.3 Å². The van der Waals surface area contributed by atoms with Crippen LogP contribution >= 0.6 is 23.4 Å². The first-order chi connectivity index (χ1) is 35.0. The highest BCUT2D eigenvalue weighted by Gasteiger charge is 2.55. The fourth-order valence-electron chi connectivity index (χ4n) is 14.9. The van der Waals surface area contributed by atoms with E-state index in [1.54, 1.807) is 12.1 Å². The molecular weight excluding hydrogens is 938 g/mol. The maximum Gasteiger partial charge on any atom is 0.238 e. The lowest BCUT2D eigenvalue weighted by molar-refractivity contribution is -0.131. The quantitative estimate of drug-likeness (QED) is 0.144. The number of unbranched alkanes of at least 4 members (excludes halogenated alkanes) is 1. The van der Waals surface area contributed by atoms with E-state index in [0.29, 0.717) is 68.8 Å². The van der Waals surface area contributed by atoms with E-state index in [2.05, 4.69) is 106 Å². The zero-order chi connectivity index (χ0) is 50.0. The summed E-state index contributed by atoms with van der Waals surface area (Å²) in [6, 6.07) is 17.2. The van der Waals surface area contributed by atoms with Gasteiger partial charge in [-0.15, -0.1) is 11.8 Å². The number of thioether (sulfide) groups is 1. The summed E-state index contributed by atoms with van der Waals surface area (Å²) in [5, 5.41) is 16.5. The van der Waals surface area contributed by atoms with Crippen LogP contribution in [0.5, 0.6) is 5.75 Å². The van der Waals surface area contributed by atoms with Crippen molar-refractivity contribution in [2.45, 2.75) is 215 Å². The number of hydrazine groups is 2. The Labute approximate surface area is 441 Å². The Morgan fingerprint density at radius 2 is 1.74 bits per heavy atom. The Bertz CT molecular complexity index is 2210. The monoisotopic (exact) mass is 1020 g/mol. The molecule has 0 radical (unpaired) electrons. The SMILES string of the molecule is CCCCN1NC2[C@H](CCOC)N=C(c3ccc(C4CCC5(CCCN(C6(C7CCCCC7)CCC(C(=O)NC7CCC(Oc8ccc(C#N)c(Cl)c8)CC7)NN6)C5)CC4)cc3)C3C(C)C(C)SC3N2C1C. The molecule has 3 saturated carbocycles. The van der Waals surface area contributed by atoms with E-state index in [1.165, 1.54) is 100 Å². The molecule has 1 spiro atoms. The van der Waals surface area contributed by atoms with Crippen molar-refractivity contribution in [3.63, 3.8) is 0 Å². The fraction of sp³-hybridized carbons (Fsp3) is 0.741. The van der Waals surface area contributed by atoms with Crippen LogP contribution in [0.25, 0.3) is 0 Å². The van der Waals surface area contributed by atoms with E-state index in [1.807, 2.05) is 13.2 Å². The molecule has 2 aromatic rings. The van der Waals surface area contributed by atoms with Gasteiger partial charge in [0, 0.05) is 55.8 Å². The first-order valence-corrected chi connectivity index (χ1v) is 29.9. The molecule has 2 aromatic carbocycles. The molecule has 1 amide bonds. The van der Waals surface area contributed by atoms with Crippen LogP contribution in [0.4, 0.5) is 0 Å². The lowest BCUT2D eigenvalue weighted by atomic mass is 9.64. The molecule has 5 aliphatic heterocycles. The predicted octanol–water partition coefficient (Wildman–Crippen LogP) is 10.5. The molecule has 9 atom stereocenters. The second-order valence-corrected chi connectivity index (χ2v) is 25.5. The number of rotatable bonds is 14. The van der Waals surface area contributed by atoms with Crippen molar-refractivity contribution in [1.82, 2.24) is 36.4 Å². The number of hydrogen-bond donors (Lipinski definition) is 4. The summed E-state index contributed by atoms with van der Waals surface area (Å²) in [7, 11) is 1.82. The van der Waals surface area contributed by atoms with Gasteiger partial charge in [0.05, 0.1) is 46.1 Å². The Morgan fingerprint density at radius 3 is 2.43 bits per heavy atom. The Kier molecular flexibility index (Phi) is 17.0. The maximum absolute atomic E-state index is 13.9. The van der Waals surface area contributed by atoms with Crippen molar-refractivity contribution in [1.29, 1.82) is 5.26 Å². The molecule has 3 aliphatic carbocycles. The molecule has 4 N–H and O–H groups in total. The van der Waals surface area contributed by atoms with Gasteiger partial charge in [-0.25, -0.2) is 21.3 Å². The van der Waals surface area contributed by atoms with Gasteiger partial charge < -0.3 is 14.8 Å². The molecule has 72 heavy (non-hydrogen) atoms. The number of benzene rings is 2. The van der Waals surface area contributed by atoms with Crippen LogP contribution in [0.1, 0.15) is 179 Å². The second kappa shape index (κ2) is 23.2. The Balaban J connectivity index is 0.767. The van der Waals surface area contributed by atoms with E-state index < -0.39 is 0 Å². The number of fused-ring (bicyclic) bond motifs is 3. The third kappa shape index (κ3) is 10.9. The van der Waals surface area contributed by atoms with E-state index >= 15 is 0 Å². The fourth-order valence-corrected chi connectivity index (χ4v) is 16.9. The molecule has 5 heterocycles. The first kappa shape index (κ1) is 52.7. The van der Waals surface area contributed by atoms with Crippen molar-refractivity contribution in [2.75, 3.05) is 33.4 Å². The number of likely N-dealkylation sites (tertiary alicyclic amines) is 1. The number of carbonyl (C=O) groups excluding carboxylic acids is 1. The van der Waals surface area contributed by atoms with Crippen molar-refractivity contribution >= 4 is 35.0 Å². The van der Waals surface area contributed by atoms with E-state index in [9.17, 15) is 10.1 Å². The number of amides is 1. The van der Waals surface area contributed by atoms with Crippen molar-refractivity contribution in [3.8, 4) is 11.8 Å². The average molecular weight is 1020 g/mol. The molecule has 8 aliphatic rings. The summed E-state index contributed by atoms with van der Waals surface area (Å²) in [5.74, 6) is 2.90. The number of halogens is 1. The van der Waals surface area contributed by atoms with Crippen LogP contribution in [0.3, 0.4) is 0 Å². The lowest BCUT2D eigenvalue weighted by Crippen LogP contribution is -2.74. The topological polar surface area (TPSA) is 130 Å². The number of carbonyl (C=O) groups is 1. The van der Waals surface area contributed by atoms with Gasteiger partial charge in [-0.05, 0) is 163 Å². The van der Waals surface area contributed by atoms with Crippen LogP contribution in [-0.2, 0) is 9.53 Å². The largest absolute Gasteiger partial charge is 0.490 e. The van der Waals surface area contributed by atoms with Crippen molar-refractivity contribution in [3.05, 3.63) is 64.2 Å². The van der Waals surface area contributed by atoms with Gasteiger partial charge in [0.15, 0.2) is 0 Å². The Hall–Kier alpha value is -2.77. The van der Waals surface area contributed by atoms with Gasteiger partial charge in [0.25, 0.3) is 0 Å². The number of piperidine rings is 1. The zero-order valence-electron chi connectivity index (χ0n) is 44.2. The third-order valence-corrected chi connectivity index (χ3v) is 21.3. The zero-order valence-corrected chi connectivity index (χ0v) is 45.8. The van der Waals surface area contributed by atoms with Crippen LogP contribution in [-0.4, -0.2) is 113 Å². The van der Waals surface area contributed by atoms with Crippen LogP contribution in [0.15, 0.2) is 47.5 Å². The number of hydrogen-bond acceptors (Lipinski definition) is 12. The van der Waals surface area contributed by atoms with Gasteiger partial charge in [0.2, 0.25) is 5.91 Å². The average Bonchev–Trinajstić information content (AvgIpc) is 3.84. The summed E-state index contributed by atoms with van der Waals surface area (Å²) in [4.78, 5) is 25.4. The van der Waals surface area contributed by atoms with Gasteiger partial charge in [-0.2, -0.15) is 5.26 Å². The van der Waals surface area contributed by atoms with Gasteiger partial charge >= 0.3 is 0 Å². The minimum absolute atomic E-state index is 0.0741. The molecule has 12 nitrogen and oxygen atoms in total. The van der Waals surface area contributed by atoms with Crippen LogP contribution in [0.2, 0.25) is 5.02 Å². The van der Waals surface area contributed by atoms with E-state index in [0.717, 1.165) is 64.6 Å². The highest BCUT2D eigenvalue weighted by atomic mass is 35.5. The molecule has 0 bridgehead atoms. The smallest absolute Gasteiger partial charge is 0.238 e. The summed E-state index contributed by atoms with van der Waals surface area (Å²) in [5.41, 5.74) is 16.4. The van der Waals surface area contributed by atoms with E-state index in [4.69, 9.17) is 26.1 Å². The molecule has 4 saturated heterocycles. The molecule has 14 heteroatoms. The van der Waals surface area contributed by atoms with Crippen LogP contribution in [0, 0.1) is 34.5 Å². The second-order valence-electron chi connectivity index (χ2n) is 23.6. The summed E-state index contributed by atoms with van der Waals surface area (Å²) < 4.78 is 11.9. The molecular formula is C58H86ClN9O3S. The third-order valence-electron chi connectivity index (χ3n) is 19.3. The molecule has 394 valence electrons. The summed E-state index contributed by atoms with van der Waals surface area (Å²) in [6.45, 7) is 13.7. The Morgan fingerprint density at radius 1 is 0.958 bits per heavy atom. The minimum atomic E-state index is -0.242. The van der Waals surface area contributed by atoms with Crippen LogP contribution < -0.4 is 26.3 Å². The van der Waals surface area contributed by atoms with E-state index in [-0.39, 0.29) is 42.0 Å². The molecule has 10 rings (SSSR count). The lowest BCUT2D eigenvalue weighted by Gasteiger charge is -2.58. The molecule has 7 fully saturated rings. The summed E-state index contributed by atoms with van der Waals surface area (Å²) in [6.07, 6.45) is 23.3. The standard InChI is InChI=1S/C58H86ClN9O3S/c1-6-7-33-67-40(4)68-54(64-67)50(27-34-70-5)62-53(52-38(2)39(3)72-56(52)68)43-16-14-41(15-17-43)42-24-29-57(30-25-42)28-11-32-66(37-57)58(45-12-9-8-10-13-45)31-26-51(63-65-58)55(69)61-46-19-22-47(23-20-46)71-48-21-18-44(36-60)49(59)35-48/h14-18,21,35,38-40,42,45-47,50-52,54,56,63-65H,6-13,19-20,22-34,37H2,1-5H3,(H,61,69)/t38?,39?,40?,42?,46?,47?,50-,51?,52?,54?,56?,57?,58?/m0/s1. The summed E-state index contributed by atoms with van der Waals surface area (Å²) >= 11 is 8.44. The molecule has 0 aromatic heterocycles. The highest BCUT2D eigenvalue weighted by Crippen LogP contribution is 2.53. The van der Waals surface area contributed by atoms with Gasteiger partial charge in [0.1, 0.15) is 17.9 Å². The number of nitriles is 1. The molecule has 8 unspecified atom stereocenters. The number of methoxy groups -OCH3 is 1. The number of ether oxygens (including phenoxy) is 2. The minimum Gasteiger partial charge on any atom is -0.490 e. The normalized spacial score (nSPS) is 37.1. The van der Waals surface area contributed by atoms with Gasteiger partial charge in [-0.3, -0.25) is 19.6 Å². The number of nitrogens with one attached hydrogen (secondary N) is 4. The number of nitrogens with zero attached hydrogens (tertiary/aromatic N) is 5. The van der Waals surface area contributed by atoms with Crippen molar-refractivity contribution < 1.29 is 14.3 Å².